The monoisotopic (exact) mass is 429 g/mol. The Morgan fingerprint density at radius 1 is 0.839 bits per heavy atom. The third kappa shape index (κ3) is 2.90. The predicted molar refractivity (Wildman–Crippen MR) is 111 cm³/mol. The van der Waals surface area contributed by atoms with Gasteiger partial charge in [-0.05, 0) is 46.3 Å². The Morgan fingerprint density at radius 2 is 1.71 bits per heavy atom. The maximum absolute atomic E-state index is 6.28. The summed E-state index contributed by atoms with van der Waals surface area (Å²) >= 11 is 6.28. The Kier molecular flexibility index (Phi) is 3.93. The maximum Gasteiger partial charge on any atom is 0.194 e. The van der Waals surface area contributed by atoms with Crippen LogP contribution in [0.5, 0.6) is 0 Å². The summed E-state index contributed by atoms with van der Waals surface area (Å²) in [6, 6.07) is 15.3. The highest BCUT2D eigenvalue weighted by Crippen LogP contribution is 2.23. The Balaban J connectivity index is 1.39. The first-order chi connectivity index (χ1) is 15.3. The molecule has 0 aliphatic rings. The van der Waals surface area contributed by atoms with Crippen molar-refractivity contribution >= 4 is 28.4 Å². The Hall–Kier alpha value is -4.25. The molecule has 31 heavy (non-hydrogen) atoms. The SMILES string of the molecule is Clc1ccccc1Cn1nnc2c1ncn1c(-c3ccc(-n4cnnn4)cc3)nnc21. The van der Waals surface area contributed by atoms with Gasteiger partial charge in [-0.15, -0.1) is 20.4 Å². The van der Waals surface area contributed by atoms with Crippen molar-refractivity contribution in [3.63, 3.8) is 0 Å². The molecule has 4 aromatic heterocycles. The van der Waals surface area contributed by atoms with E-state index in [0.29, 0.717) is 34.2 Å². The summed E-state index contributed by atoms with van der Waals surface area (Å²) in [6.07, 6.45) is 3.21. The van der Waals surface area contributed by atoms with Gasteiger partial charge in [0, 0.05) is 10.6 Å². The van der Waals surface area contributed by atoms with Crippen molar-refractivity contribution in [2.45, 2.75) is 6.54 Å². The molecule has 6 rings (SSSR count). The molecule has 0 amide bonds. The molecule has 0 aliphatic carbocycles. The van der Waals surface area contributed by atoms with Crippen LogP contribution < -0.4 is 0 Å². The summed E-state index contributed by atoms with van der Waals surface area (Å²) in [6.45, 7) is 0.457. The van der Waals surface area contributed by atoms with Gasteiger partial charge in [-0.1, -0.05) is 35.0 Å². The third-order valence-electron chi connectivity index (χ3n) is 4.93. The Labute approximate surface area is 178 Å². The van der Waals surface area contributed by atoms with E-state index in [1.807, 2.05) is 48.5 Å². The lowest BCUT2D eigenvalue weighted by molar-refractivity contribution is 0.664. The normalized spacial score (nSPS) is 11.5. The standard InChI is InChI=1S/C19H12ClN11/c20-15-4-2-1-3-13(15)9-30-18-16(23-27-30)19-25-24-17(29(19)10-21-18)12-5-7-14(8-6-12)31-11-22-26-28-31/h1-8,10-11H,9H2. The fourth-order valence-corrected chi connectivity index (χ4v) is 3.58. The minimum absolute atomic E-state index is 0.457. The van der Waals surface area contributed by atoms with Gasteiger partial charge >= 0.3 is 0 Å². The lowest BCUT2D eigenvalue weighted by Crippen LogP contribution is -2.04. The Bertz CT molecular complexity index is 1520. The van der Waals surface area contributed by atoms with Gasteiger partial charge in [0.15, 0.2) is 22.6 Å². The average molecular weight is 430 g/mol. The van der Waals surface area contributed by atoms with E-state index in [0.717, 1.165) is 16.8 Å². The second-order valence-electron chi connectivity index (χ2n) is 6.77. The van der Waals surface area contributed by atoms with E-state index in [-0.39, 0.29) is 0 Å². The fourth-order valence-electron chi connectivity index (χ4n) is 3.39. The molecule has 0 N–H and O–H groups in total. The number of fused-ring (bicyclic) bond motifs is 3. The van der Waals surface area contributed by atoms with E-state index in [2.05, 4.69) is 41.0 Å². The molecule has 12 heteroatoms. The number of hydrogen-bond donors (Lipinski definition) is 0. The number of aromatic nitrogens is 11. The van der Waals surface area contributed by atoms with Crippen LogP contribution in [0.4, 0.5) is 0 Å². The molecule has 150 valence electrons. The third-order valence-corrected chi connectivity index (χ3v) is 5.30. The van der Waals surface area contributed by atoms with Gasteiger partial charge in [0.05, 0.1) is 12.2 Å². The van der Waals surface area contributed by atoms with Crippen LogP contribution in [0.15, 0.2) is 61.2 Å². The van der Waals surface area contributed by atoms with Crippen LogP contribution in [-0.4, -0.2) is 54.8 Å². The van der Waals surface area contributed by atoms with Gasteiger partial charge in [-0.25, -0.2) is 14.3 Å². The molecule has 0 atom stereocenters. The van der Waals surface area contributed by atoms with Gasteiger partial charge in [0.1, 0.15) is 12.7 Å². The largest absolute Gasteiger partial charge is 0.263 e. The summed E-state index contributed by atoms with van der Waals surface area (Å²) in [5.41, 5.74) is 4.40. The van der Waals surface area contributed by atoms with Crippen molar-refractivity contribution in [3.8, 4) is 17.1 Å². The molecule has 0 radical (unpaired) electrons. The molecule has 0 aliphatic heterocycles. The quantitative estimate of drug-likeness (QED) is 0.418. The second-order valence-corrected chi connectivity index (χ2v) is 7.18. The lowest BCUT2D eigenvalue weighted by Gasteiger charge is -2.05. The lowest BCUT2D eigenvalue weighted by atomic mass is 10.2. The highest BCUT2D eigenvalue weighted by molar-refractivity contribution is 6.31. The molecular formula is C19H12ClN11. The molecular weight excluding hydrogens is 418 g/mol. The number of tetrazole rings is 1. The van der Waals surface area contributed by atoms with Gasteiger partial charge < -0.3 is 0 Å². The summed E-state index contributed by atoms with van der Waals surface area (Å²) in [5, 5.41) is 29.1. The van der Waals surface area contributed by atoms with Crippen LogP contribution in [0.2, 0.25) is 5.02 Å². The van der Waals surface area contributed by atoms with Crippen LogP contribution in [0.1, 0.15) is 5.56 Å². The van der Waals surface area contributed by atoms with Gasteiger partial charge in [-0.2, -0.15) is 0 Å². The molecule has 0 spiro atoms. The zero-order chi connectivity index (χ0) is 20.8. The molecule has 11 nitrogen and oxygen atoms in total. The van der Waals surface area contributed by atoms with E-state index in [1.54, 1.807) is 20.1 Å². The molecule has 0 saturated carbocycles. The van der Waals surface area contributed by atoms with Gasteiger partial charge in [0.2, 0.25) is 0 Å². The van der Waals surface area contributed by atoms with E-state index < -0.39 is 0 Å². The van der Waals surface area contributed by atoms with Crippen molar-refractivity contribution in [1.82, 2.24) is 54.8 Å². The van der Waals surface area contributed by atoms with E-state index >= 15 is 0 Å². The summed E-state index contributed by atoms with van der Waals surface area (Å²) in [5.74, 6) is 0.647. The zero-order valence-corrected chi connectivity index (χ0v) is 16.5. The average Bonchev–Trinajstić information content (AvgIpc) is 3.55. The second kappa shape index (κ2) is 6.92. The van der Waals surface area contributed by atoms with Crippen LogP contribution >= 0.6 is 11.6 Å². The van der Waals surface area contributed by atoms with Crippen LogP contribution in [0.3, 0.4) is 0 Å². The smallest absolute Gasteiger partial charge is 0.194 e. The molecule has 4 heterocycles. The first kappa shape index (κ1) is 17.6. The van der Waals surface area contributed by atoms with Crippen molar-refractivity contribution < 1.29 is 0 Å². The minimum atomic E-state index is 0.457. The summed E-state index contributed by atoms with van der Waals surface area (Å²) in [4.78, 5) is 4.56. The first-order valence-electron chi connectivity index (χ1n) is 9.28. The summed E-state index contributed by atoms with van der Waals surface area (Å²) in [7, 11) is 0. The fraction of sp³-hybridized carbons (Fsp3) is 0.0526. The van der Waals surface area contributed by atoms with E-state index in [4.69, 9.17) is 11.6 Å². The van der Waals surface area contributed by atoms with Crippen molar-refractivity contribution in [1.29, 1.82) is 0 Å². The summed E-state index contributed by atoms with van der Waals surface area (Å²) < 4.78 is 5.07. The van der Waals surface area contributed by atoms with E-state index in [9.17, 15) is 0 Å². The number of rotatable bonds is 4. The van der Waals surface area contributed by atoms with Crippen LogP contribution in [0.25, 0.3) is 33.9 Å². The molecule has 6 aromatic rings. The predicted octanol–water partition coefficient (Wildman–Crippen LogP) is 2.21. The first-order valence-corrected chi connectivity index (χ1v) is 9.66. The van der Waals surface area contributed by atoms with Crippen molar-refractivity contribution in [3.05, 3.63) is 71.8 Å². The highest BCUT2D eigenvalue weighted by Gasteiger charge is 2.16. The Morgan fingerprint density at radius 3 is 2.52 bits per heavy atom. The number of hydrogen-bond acceptors (Lipinski definition) is 8. The molecule has 0 bridgehead atoms. The molecule has 0 unspecified atom stereocenters. The van der Waals surface area contributed by atoms with Gasteiger partial charge in [0.25, 0.3) is 0 Å². The topological polar surface area (TPSA) is 117 Å². The van der Waals surface area contributed by atoms with E-state index in [1.165, 1.54) is 6.33 Å². The molecule has 0 fully saturated rings. The number of benzene rings is 2. The van der Waals surface area contributed by atoms with Crippen molar-refractivity contribution in [2.24, 2.45) is 0 Å². The van der Waals surface area contributed by atoms with Crippen molar-refractivity contribution in [2.75, 3.05) is 0 Å². The minimum Gasteiger partial charge on any atom is -0.263 e. The molecule has 2 aromatic carbocycles. The van der Waals surface area contributed by atoms with Crippen LogP contribution in [-0.2, 0) is 6.54 Å². The highest BCUT2D eigenvalue weighted by atomic mass is 35.5. The molecule has 0 saturated heterocycles. The van der Waals surface area contributed by atoms with Gasteiger partial charge in [-0.3, -0.25) is 4.40 Å². The van der Waals surface area contributed by atoms with Crippen LogP contribution in [0, 0.1) is 0 Å². The number of halogens is 1. The maximum atomic E-state index is 6.28. The number of nitrogens with zero attached hydrogens (tertiary/aromatic N) is 11. The zero-order valence-electron chi connectivity index (χ0n) is 15.8.